The maximum Gasteiger partial charge on any atom is 0.403 e. The zero-order valence-corrected chi connectivity index (χ0v) is 34.1. The average molecular weight is 777 g/mol. The molecule has 0 bridgehead atoms. The Kier molecular flexibility index (Phi) is 25.4. The number of aliphatic hydroxyl groups is 1. The van der Waals surface area contributed by atoms with Gasteiger partial charge in [0.15, 0.2) is 0 Å². The van der Waals surface area contributed by atoms with Crippen molar-refractivity contribution in [2.45, 2.75) is 130 Å². The lowest BCUT2D eigenvalue weighted by molar-refractivity contribution is -0.167. The first-order valence-electron chi connectivity index (χ1n) is 15.8. The van der Waals surface area contributed by atoms with E-state index in [1.807, 2.05) is 0 Å². The summed E-state index contributed by atoms with van der Waals surface area (Å²) < 4.78 is 28.5. The van der Waals surface area contributed by atoms with Crippen molar-refractivity contribution in [3.63, 3.8) is 0 Å². The van der Waals surface area contributed by atoms with Crippen LogP contribution in [0.15, 0.2) is 0 Å². The lowest BCUT2D eigenvalue weighted by atomic mass is 9.88. The Morgan fingerprint density at radius 3 is 0.923 bits per heavy atom. The van der Waals surface area contributed by atoms with Gasteiger partial charge in [-0.15, -0.1) is 0 Å². The Morgan fingerprint density at radius 2 is 0.750 bits per heavy atom. The molecule has 0 heterocycles. The molecule has 0 aromatic rings. The fraction of sp³-hybridized carbons (Fsp3) is 0.794. The van der Waals surface area contributed by atoms with Crippen molar-refractivity contribution < 1.29 is 82.4 Å². The van der Waals surface area contributed by atoms with Crippen LogP contribution in [0.25, 0.3) is 0 Å². The maximum atomic E-state index is 11.6. The number of hydrogen-bond acceptors (Lipinski definition) is 14. The van der Waals surface area contributed by atoms with Crippen molar-refractivity contribution in [2.24, 2.45) is 17.8 Å². The minimum absolute atomic E-state index is 0.188. The van der Waals surface area contributed by atoms with Gasteiger partial charge in [-0.25, -0.2) is 4.79 Å². The minimum atomic E-state index is -1.46. The quantitative estimate of drug-likeness (QED) is 0.106. The molecule has 0 saturated heterocycles. The van der Waals surface area contributed by atoms with Crippen LogP contribution < -0.4 is 0 Å². The number of halogens is 1. The van der Waals surface area contributed by atoms with E-state index in [0.29, 0.717) is 0 Å². The van der Waals surface area contributed by atoms with Crippen LogP contribution in [0.3, 0.4) is 0 Å². The number of rotatable bonds is 14. The fourth-order valence-corrected chi connectivity index (χ4v) is 3.53. The third kappa shape index (κ3) is 28.1. The van der Waals surface area contributed by atoms with E-state index in [1.165, 1.54) is 42.3 Å². The van der Waals surface area contributed by atoms with Gasteiger partial charge in [0.2, 0.25) is 0 Å². The number of carboxylic acid groups (broad SMARTS) is 3. The molecule has 4 N–H and O–H groups in total. The van der Waals surface area contributed by atoms with Crippen molar-refractivity contribution in [1.29, 1.82) is 0 Å². The van der Waals surface area contributed by atoms with Crippen LogP contribution in [0.1, 0.15) is 102 Å². The van der Waals surface area contributed by atoms with Gasteiger partial charge in [0, 0.05) is 25.8 Å². The molecular formula is C34H61ClO17. The molecule has 0 aliphatic carbocycles. The van der Waals surface area contributed by atoms with Gasteiger partial charge in [-0.1, -0.05) is 0 Å². The lowest BCUT2D eigenvalue weighted by Gasteiger charge is -2.30. The average Bonchev–Trinajstić information content (AvgIpc) is 2.95. The first-order valence-corrected chi connectivity index (χ1v) is 16.2. The van der Waals surface area contributed by atoms with Crippen LogP contribution in [-0.4, -0.2) is 118 Å². The first kappa shape index (κ1) is 55.2. The molecule has 0 saturated carbocycles. The van der Waals surface area contributed by atoms with Gasteiger partial charge in [0.25, 0.3) is 0 Å². The highest BCUT2D eigenvalue weighted by molar-refractivity contribution is 6.61. The van der Waals surface area contributed by atoms with Gasteiger partial charge in [-0.05, 0) is 83.1 Å². The molecule has 3 atom stereocenters. The fourth-order valence-electron chi connectivity index (χ4n) is 3.53. The van der Waals surface area contributed by atoms with Crippen LogP contribution in [0.5, 0.6) is 0 Å². The summed E-state index contributed by atoms with van der Waals surface area (Å²) in [5.41, 5.74) is -5.30. The van der Waals surface area contributed by atoms with E-state index >= 15 is 0 Å². The van der Waals surface area contributed by atoms with E-state index in [9.17, 15) is 38.7 Å². The number of methoxy groups -OCH3 is 4. The van der Waals surface area contributed by atoms with Crippen LogP contribution in [-0.2, 0) is 57.2 Å². The highest BCUT2D eigenvalue weighted by Crippen LogP contribution is 2.26. The molecule has 52 heavy (non-hydrogen) atoms. The van der Waals surface area contributed by atoms with E-state index in [0.717, 1.165) is 0 Å². The van der Waals surface area contributed by atoms with Gasteiger partial charge >= 0.3 is 41.2 Å². The molecule has 0 radical (unpaired) electrons. The third-order valence-corrected chi connectivity index (χ3v) is 6.97. The second-order valence-electron chi connectivity index (χ2n) is 14.7. The van der Waals surface area contributed by atoms with E-state index < -0.39 is 87.0 Å². The van der Waals surface area contributed by atoms with E-state index in [1.54, 1.807) is 69.2 Å². The minimum Gasteiger partial charge on any atom is -0.481 e. The number of hydrogen-bond donors (Lipinski definition) is 4. The summed E-state index contributed by atoms with van der Waals surface area (Å²) in [5, 5.41) is 36.5. The number of aliphatic carboxylic acids is 3. The molecule has 0 aromatic heterocycles. The molecule has 0 rings (SSSR count). The Labute approximate surface area is 311 Å². The molecule has 0 aliphatic heterocycles. The van der Waals surface area contributed by atoms with Gasteiger partial charge < -0.3 is 48.8 Å². The van der Waals surface area contributed by atoms with Gasteiger partial charge in [0.1, 0.15) is 11.2 Å². The largest absolute Gasteiger partial charge is 0.481 e. The molecule has 0 unspecified atom stereocenters. The van der Waals surface area contributed by atoms with Crippen LogP contribution in [0.4, 0.5) is 4.79 Å². The highest BCUT2D eigenvalue weighted by Gasteiger charge is 2.39. The Bertz CT molecular complexity index is 1160. The monoisotopic (exact) mass is 776 g/mol. The predicted molar refractivity (Wildman–Crippen MR) is 188 cm³/mol. The summed E-state index contributed by atoms with van der Waals surface area (Å²) in [5.74, 6) is -8.05. The molecule has 0 spiro atoms. The summed E-state index contributed by atoms with van der Waals surface area (Å²) in [4.78, 5) is 76.2. The Morgan fingerprint density at radius 1 is 0.500 bits per heavy atom. The Hall–Kier alpha value is -3.54. The molecule has 18 heteroatoms. The predicted octanol–water partition coefficient (Wildman–Crippen LogP) is 4.70. The van der Waals surface area contributed by atoms with Gasteiger partial charge in [-0.2, -0.15) is 0 Å². The summed E-state index contributed by atoms with van der Waals surface area (Å²) in [7, 11) is 5.27. The first-order chi connectivity index (χ1) is 23.0. The Balaban J connectivity index is -0.000000312. The van der Waals surface area contributed by atoms with Gasteiger partial charge in [-0.3, -0.25) is 28.8 Å². The van der Waals surface area contributed by atoms with E-state index in [2.05, 4.69) is 21.1 Å². The SMILES string of the molecule is CC(C)(C)OC(=O)C[C@H](C(=O)O)C(C)(C)O.COC(=O)C[C@H](C(=O)O)C(C)(C)OC.COC(=O)Cl.COC(C)(C)[C@H](CC(=O)OC(C)(C)C)C(=O)O. The zero-order chi connectivity index (χ0) is 42.6. The second-order valence-corrected chi connectivity index (χ2v) is 15.1. The topological polar surface area (TPSA) is 256 Å². The van der Waals surface area contributed by atoms with Crippen molar-refractivity contribution in [1.82, 2.24) is 0 Å². The third-order valence-electron chi connectivity index (χ3n) is 6.82. The van der Waals surface area contributed by atoms with Crippen molar-refractivity contribution in [2.75, 3.05) is 28.4 Å². The van der Waals surface area contributed by atoms with Crippen LogP contribution in [0.2, 0.25) is 0 Å². The summed E-state index contributed by atoms with van der Waals surface area (Å²) in [6, 6.07) is 0. The smallest absolute Gasteiger partial charge is 0.403 e. The molecule has 0 aromatic carbocycles. The number of carbonyl (C=O) groups excluding carboxylic acids is 4. The van der Waals surface area contributed by atoms with Crippen molar-refractivity contribution in [3.05, 3.63) is 0 Å². The van der Waals surface area contributed by atoms with Crippen molar-refractivity contribution in [3.8, 4) is 0 Å². The maximum absolute atomic E-state index is 11.6. The van der Waals surface area contributed by atoms with Crippen LogP contribution >= 0.6 is 11.6 Å². The molecule has 306 valence electrons. The number of ether oxygens (including phenoxy) is 6. The lowest BCUT2D eigenvalue weighted by Crippen LogP contribution is -2.41. The molecule has 0 fully saturated rings. The second kappa shape index (κ2) is 23.9. The molecule has 17 nitrogen and oxygen atoms in total. The highest BCUT2D eigenvalue weighted by atomic mass is 35.5. The van der Waals surface area contributed by atoms with E-state index in [4.69, 9.17) is 34.3 Å². The number of carboxylic acids is 3. The molecular weight excluding hydrogens is 716 g/mol. The van der Waals surface area contributed by atoms with E-state index in [-0.39, 0.29) is 19.3 Å². The molecule has 0 amide bonds. The summed E-state index contributed by atoms with van der Waals surface area (Å²) in [6.07, 6.45) is -0.726. The zero-order valence-electron chi connectivity index (χ0n) is 33.3. The van der Waals surface area contributed by atoms with Crippen molar-refractivity contribution >= 4 is 52.8 Å². The summed E-state index contributed by atoms with van der Waals surface area (Å²) >= 11 is 4.60. The number of carbonyl (C=O) groups is 7. The normalized spacial score (nSPS) is 13.3. The number of esters is 3. The molecule has 0 aliphatic rings. The standard InChI is InChI=1S/C12H22O5.C11H20O5.C9H16O5.C2H3ClO2/c1-11(2,3)17-9(13)7-8(10(14)15)12(4,5)16-6;1-10(2,3)16-8(12)6-7(9(13)14)11(4,5)15;1-9(2,14-4)6(8(11)12)5-7(10)13-3;1-5-2(3)4/h8H,7H2,1-6H3,(H,14,15);7,15H,6H2,1-5H3,(H,13,14);6H,5H2,1-4H3,(H,11,12);1H3/t8-;7-;6-;/m111./s1. The van der Waals surface area contributed by atoms with Crippen LogP contribution in [0, 0.1) is 17.8 Å². The van der Waals surface area contributed by atoms with Gasteiger partial charge in [0.05, 0.1) is 68.0 Å². The summed E-state index contributed by atoms with van der Waals surface area (Å²) in [6.45, 7) is 19.5.